The number of esters is 1. The number of methoxy groups -OCH3 is 1. The number of nitrogens with zero attached hydrogens (tertiary/aromatic N) is 1. The molecular weight excluding hydrogens is 298 g/mol. The summed E-state index contributed by atoms with van der Waals surface area (Å²) in [5, 5.41) is 0. The third-order valence-electron chi connectivity index (χ3n) is 4.69. The van der Waals surface area contributed by atoms with Crippen molar-refractivity contribution in [3.8, 4) is 0 Å². The summed E-state index contributed by atoms with van der Waals surface area (Å²) in [4.78, 5) is 37.2. The van der Waals surface area contributed by atoms with E-state index in [0.29, 0.717) is 12.8 Å². The minimum Gasteiger partial charge on any atom is -0.461 e. The van der Waals surface area contributed by atoms with Gasteiger partial charge in [-0.15, -0.1) is 0 Å². The molecule has 1 aliphatic heterocycles. The Balaban J connectivity index is 1.63. The van der Waals surface area contributed by atoms with Crippen molar-refractivity contribution in [2.24, 2.45) is 11.8 Å². The Morgan fingerprint density at radius 2 is 1.96 bits per heavy atom. The highest BCUT2D eigenvalue weighted by molar-refractivity contribution is 5.95. The maximum absolute atomic E-state index is 12.3. The van der Waals surface area contributed by atoms with Crippen LogP contribution >= 0.6 is 0 Å². The summed E-state index contributed by atoms with van der Waals surface area (Å²) in [6, 6.07) is 9.21. The number of carbonyl (C=O) groups excluding carboxylic acids is 3. The highest BCUT2D eigenvalue weighted by Crippen LogP contribution is 2.43. The third kappa shape index (κ3) is 2.93. The number of fused-ring (bicyclic) bond motifs is 1. The van der Waals surface area contributed by atoms with Crippen molar-refractivity contribution in [2.75, 3.05) is 7.11 Å². The predicted molar refractivity (Wildman–Crippen MR) is 80.1 cm³/mol. The molecule has 2 aliphatic rings. The van der Waals surface area contributed by atoms with E-state index in [2.05, 4.69) is 4.74 Å². The molecule has 1 aliphatic carbocycles. The zero-order valence-electron chi connectivity index (χ0n) is 12.9. The maximum Gasteiger partial charge on any atom is 0.416 e. The number of likely N-dealkylation sites (tertiary alicyclic amines) is 1. The molecule has 122 valence electrons. The summed E-state index contributed by atoms with van der Waals surface area (Å²) < 4.78 is 10.1. The minimum atomic E-state index is -0.638. The van der Waals surface area contributed by atoms with Gasteiger partial charge in [-0.3, -0.25) is 9.59 Å². The van der Waals surface area contributed by atoms with E-state index in [1.165, 1.54) is 7.11 Å². The third-order valence-corrected chi connectivity index (χ3v) is 4.69. The summed E-state index contributed by atoms with van der Waals surface area (Å²) in [6.07, 6.45) is 0.811. The van der Waals surface area contributed by atoms with E-state index in [4.69, 9.17) is 4.74 Å². The summed E-state index contributed by atoms with van der Waals surface area (Å²) in [5.74, 6) is -1.06. The van der Waals surface area contributed by atoms with Crippen LogP contribution in [0.25, 0.3) is 0 Å². The van der Waals surface area contributed by atoms with Crippen LogP contribution in [0.4, 0.5) is 4.79 Å². The van der Waals surface area contributed by atoms with Crippen LogP contribution in [-0.4, -0.2) is 36.0 Å². The van der Waals surface area contributed by atoms with Gasteiger partial charge in [0.1, 0.15) is 6.61 Å². The van der Waals surface area contributed by atoms with Crippen molar-refractivity contribution in [3.05, 3.63) is 35.9 Å². The Kier molecular flexibility index (Phi) is 4.32. The van der Waals surface area contributed by atoms with E-state index in [9.17, 15) is 14.4 Å². The fraction of sp³-hybridized carbons (Fsp3) is 0.471. The van der Waals surface area contributed by atoms with Crippen LogP contribution in [-0.2, 0) is 25.7 Å². The van der Waals surface area contributed by atoms with Crippen LogP contribution in [0.2, 0.25) is 0 Å². The van der Waals surface area contributed by atoms with E-state index in [0.717, 1.165) is 10.5 Å². The monoisotopic (exact) mass is 317 g/mol. The van der Waals surface area contributed by atoms with Gasteiger partial charge in [0.15, 0.2) is 0 Å². The number of ether oxygens (including phenoxy) is 2. The first-order valence-corrected chi connectivity index (χ1v) is 7.72. The Morgan fingerprint density at radius 1 is 1.22 bits per heavy atom. The molecule has 0 bridgehead atoms. The van der Waals surface area contributed by atoms with Crippen molar-refractivity contribution >= 4 is 18.0 Å². The van der Waals surface area contributed by atoms with Crippen LogP contribution in [0.1, 0.15) is 24.8 Å². The first-order valence-electron chi connectivity index (χ1n) is 7.72. The average molecular weight is 317 g/mol. The van der Waals surface area contributed by atoms with Crippen molar-refractivity contribution in [1.29, 1.82) is 0 Å². The van der Waals surface area contributed by atoms with Gasteiger partial charge in [-0.2, -0.15) is 0 Å². The Morgan fingerprint density at radius 3 is 2.65 bits per heavy atom. The highest BCUT2D eigenvalue weighted by Gasteiger charge is 2.53. The molecule has 0 spiro atoms. The molecule has 1 aromatic rings. The minimum absolute atomic E-state index is 0.162. The summed E-state index contributed by atoms with van der Waals surface area (Å²) in [7, 11) is 1.25. The van der Waals surface area contributed by atoms with E-state index < -0.39 is 6.09 Å². The van der Waals surface area contributed by atoms with Crippen molar-refractivity contribution in [2.45, 2.75) is 31.9 Å². The molecule has 3 atom stereocenters. The van der Waals surface area contributed by atoms with Gasteiger partial charge in [0.25, 0.3) is 0 Å². The molecule has 6 nitrogen and oxygen atoms in total. The lowest BCUT2D eigenvalue weighted by atomic mass is 9.93. The van der Waals surface area contributed by atoms with Gasteiger partial charge in [0.2, 0.25) is 5.91 Å². The number of amides is 2. The molecule has 0 aromatic heterocycles. The molecule has 3 rings (SSSR count). The maximum atomic E-state index is 12.3. The number of rotatable bonds is 3. The fourth-order valence-corrected chi connectivity index (χ4v) is 3.59. The number of benzene rings is 1. The molecule has 1 heterocycles. The Bertz CT molecular complexity index is 615. The van der Waals surface area contributed by atoms with E-state index in [-0.39, 0.29) is 42.8 Å². The first-order chi connectivity index (χ1) is 11.1. The van der Waals surface area contributed by atoms with Crippen LogP contribution in [0, 0.1) is 11.8 Å². The van der Waals surface area contributed by atoms with Crippen molar-refractivity contribution in [1.82, 2.24) is 4.90 Å². The second-order valence-corrected chi connectivity index (χ2v) is 5.95. The Labute approximate surface area is 134 Å². The van der Waals surface area contributed by atoms with Gasteiger partial charge >= 0.3 is 12.1 Å². The first kappa shape index (κ1) is 15.5. The van der Waals surface area contributed by atoms with Crippen LogP contribution in [0.3, 0.4) is 0 Å². The van der Waals surface area contributed by atoms with E-state index in [1.54, 1.807) is 0 Å². The molecule has 1 aromatic carbocycles. The molecule has 2 fully saturated rings. The molecule has 23 heavy (non-hydrogen) atoms. The van der Waals surface area contributed by atoms with Gasteiger partial charge < -0.3 is 9.47 Å². The predicted octanol–water partition coefficient (Wildman–Crippen LogP) is 2.12. The van der Waals surface area contributed by atoms with Crippen LogP contribution in [0.15, 0.2) is 30.3 Å². The van der Waals surface area contributed by atoms with Gasteiger partial charge in [-0.25, -0.2) is 9.69 Å². The molecule has 2 amide bonds. The van der Waals surface area contributed by atoms with Gasteiger partial charge in [0, 0.05) is 18.4 Å². The van der Waals surface area contributed by atoms with Crippen molar-refractivity contribution in [3.63, 3.8) is 0 Å². The van der Waals surface area contributed by atoms with Crippen LogP contribution < -0.4 is 0 Å². The van der Waals surface area contributed by atoms with Crippen LogP contribution in [0.5, 0.6) is 0 Å². The van der Waals surface area contributed by atoms with Crippen molar-refractivity contribution < 1.29 is 23.9 Å². The number of imide groups is 1. The Hall–Kier alpha value is -2.37. The quantitative estimate of drug-likeness (QED) is 0.799. The lowest BCUT2D eigenvalue weighted by Crippen LogP contribution is -2.39. The summed E-state index contributed by atoms with van der Waals surface area (Å²) in [6.45, 7) is 0.224. The zero-order valence-corrected chi connectivity index (χ0v) is 12.9. The lowest BCUT2D eigenvalue weighted by molar-refractivity contribution is -0.151. The molecule has 6 heteroatoms. The normalized spacial score (nSPS) is 26.0. The second kappa shape index (κ2) is 6.40. The fourth-order valence-electron chi connectivity index (χ4n) is 3.59. The molecule has 1 unspecified atom stereocenters. The zero-order chi connectivity index (χ0) is 16.4. The van der Waals surface area contributed by atoms with E-state index >= 15 is 0 Å². The van der Waals surface area contributed by atoms with E-state index in [1.807, 2.05) is 30.3 Å². The van der Waals surface area contributed by atoms with Gasteiger partial charge in [-0.05, 0) is 18.4 Å². The molecule has 0 N–H and O–H groups in total. The van der Waals surface area contributed by atoms with Gasteiger partial charge in [-0.1, -0.05) is 30.3 Å². The molecule has 0 radical (unpaired) electrons. The van der Waals surface area contributed by atoms with Gasteiger partial charge in [0.05, 0.1) is 13.0 Å². The smallest absolute Gasteiger partial charge is 0.416 e. The SMILES string of the molecule is COC(=O)N1C(=O)C[C@H]2C(C(=O)OCc3ccccc3)CC[C@@H]21. The average Bonchev–Trinajstić information content (AvgIpc) is 3.10. The molecule has 1 saturated carbocycles. The standard InChI is InChI=1S/C17H19NO5/c1-22-17(21)18-14-8-7-12(13(14)9-15(18)19)16(20)23-10-11-5-3-2-4-6-11/h2-6,12-14H,7-10H2,1H3/t12?,13-,14-/m0/s1. The highest BCUT2D eigenvalue weighted by atomic mass is 16.5. The number of carbonyl (C=O) groups is 3. The largest absolute Gasteiger partial charge is 0.461 e. The molecular formula is C17H19NO5. The molecule has 1 saturated heterocycles. The topological polar surface area (TPSA) is 72.9 Å². The second-order valence-electron chi connectivity index (χ2n) is 5.95. The lowest BCUT2D eigenvalue weighted by Gasteiger charge is -2.20. The summed E-state index contributed by atoms with van der Waals surface area (Å²) >= 11 is 0. The number of hydrogen-bond donors (Lipinski definition) is 0. The number of hydrogen-bond acceptors (Lipinski definition) is 5. The summed E-state index contributed by atoms with van der Waals surface area (Å²) in [5.41, 5.74) is 0.925.